The van der Waals surface area contributed by atoms with Gasteiger partial charge in [-0.15, -0.1) is 0 Å². The molecule has 1 aliphatic rings. The number of nitrogens with one attached hydrogen (secondary N) is 1. The first-order valence-corrected chi connectivity index (χ1v) is 6.38. The Kier molecular flexibility index (Phi) is 3.69. The topological polar surface area (TPSA) is 94.0 Å². The first-order valence-electron chi connectivity index (χ1n) is 6.38. The van der Waals surface area contributed by atoms with Crippen LogP contribution in [0.1, 0.15) is 36.7 Å². The molecule has 0 spiro atoms. The molecule has 0 bridgehead atoms. The fourth-order valence-electron chi connectivity index (χ4n) is 2.50. The largest absolute Gasteiger partial charge is 0.396 e. The van der Waals surface area contributed by atoms with E-state index in [1.54, 1.807) is 12.1 Å². The van der Waals surface area contributed by atoms with Crippen molar-refractivity contribution >= 4 is 17.4 Å². The molecule has 0 aliphatic heterocycles. The van der Waals surface area contributed by atoms with Crippen LogP contribution in [0.15, 0.2) is 12.1 Å². The highest BCUT2D eigenvalue weighted by Gasteiger charge is 2.23. The highest BCUT2D eigenvalue weighted by atomic mass is 16.1. The quantitative estimate of drug-likeness (QED) is 0.754. The molecule has 2 atom stereocenters. The van der Waals surface area contributed by atoms with Gasteiger partial charge in [0.2, 0.25) is 0 Å². The third-order valence-corrected chi connectivity index (χ3v) is 3.75. The van der Waals surface area contributed by atoms with Crippen molar-refractivity contribution in [1.29, 1.82) is 0 Å². The Morgan fingerprint density at radius 3 is 2.89 bits per heavy atom. The molecule has 5 N–H and O–H groups in total. The summed E-state index contributed by atoms with van der Waals surface area (Å²) in [6, 6.07) is 3.20. The number of hydrogen-bond acceptors (Lipinski definition) is 4. The number of hydrogen-bond donors (Lipinski definition) is 3. The van der Waals surface area contributed by atoms with Crippen LogP contribution in [-0.4, -0.2) is 17.4 Å². The molecule has 1 fully saturated rings. The van der Waals surface area contributed by atoms with E-state index in [-0.39, 0.29) is 5.69 Å². The molecule has 0 saturated heterocycles. The Morgan fingerprint density at radius 1 is 1.50 bits per heavy atom. The molecule has 1 saturated carbocycles. The Morgan fingerprint density at radius 2 is 2.28 bits per heavy atom. The summed E-state index contributed by atoms with van der Waals surface area (Å²) in [7, 11) is 0. The Bertz CT molecular complexity index is 447. The van der Waals surface area contributed by atoms with Gasteiger partial charge in [0, 0.05) is 6.54 Å². The Balaban J connectivity index is 2.04. The minimum atomic E-state index is -0.535. The van der Waals surface area contributed by atoms with Gasteiger partial charge in [0.1, 0.15) is 11.5 Å². The number of primary amides is 1. The van der Waals surface area contributed by atoms with Crippen molar-refractivity contribution in [1.82, 2.24) is 4.98 Å². The van der Waals surface area contributed by atoms with E-state index in [9.17, 15) is 4.79 Å². The normalized spacial score (nSPS) is 22.9. The van der Waals surface area contributed by atoms with Crippen LogP contribution in [0.2, 0.25) is 0 Å². The van der Waals surface area contributed by atoms with Gasteiger partial charge in [-0.1, -0.05) is 19.8 Å². The lowest BCUT2D eigenvalue weighted by Gasteiger charge is -2.17. The highest BCUT2D eigenvalue weighted by molar-refractivity contribution is 5.91. The predicted octanol–water partition coefficient (Wildman–Crippen LogP) is 1.61. The van der Waals surface area contributed by atoms with Gasteiger partial charge < -0.3 is 16.8 Å². The Hall–Kier alpha value is -1.78. The number of amides is 1. The molecule has 1 aromatic rings. The van der Waals surface area contributed by atoms with Crippen LogP contribution >= 0.6 is 0 Å². The minimum absolute atomic E-state index is 0.242. The second-order valence-corrected chi connectivity index (χ2v) is 5.05. The van der Waals surface area contributed by atoms with Gasteiger partial charge in [-0.2, -0.15) is 0 Å². The number of pyridine rings is 1. The van der Waals surface area contributed by atoms with Gasteiger partial charge in [0.15, 0.2) is 0 Å². The van der Waals surface area contributed by atoms with Crippen molar-refractivity contribution in [3.63, 3.8) is 0 Å². The van der Waals surface area contributed by atoms with E-state index < -0.39 is 5.91 Å². The summed E-state index contributed by atoms with van der Waals surface area (Å²) in [6.45, 7) is 3.12. The molecular weight excluding hydrogens is 228 g/mol. The number of anilines is 2. The van der Waals surface area contributed by atoms with Crippen LogP contribution < -0.4 is 16.8 Å². The maximum absolute atomic E-state index is 11.1. The number of nitrogens with two attached hydrogens (primary N) is 2. The number of carbonyl (C=O) groups excluding carboxylic acids is 1. The van der Waals surface area contributed by atoms with E-state index in [0.717, 1.165) is 12.5 Å². The lowest BCUT2D eigenvalue weighted by Crippen LogP contribution is -2.19. The number of aromatic nitrogens is 1. The average molecular weight is 248 g/mol. The molecule has 1 amide bonds. The van der Waals surface area contributed by atoms with Crippen molar-refractivity contribution in [2.45, 2.75) is 26.2 Å². The molecule has 2 rings (SSSR count). The standard InChI is InChI=1S/C13H20N4O/c1-8-3-2-4-9(8)7-16-13-10(14)5-6-11(17-13)12(15)18/h5-6,8-9H,2-4,7,14H2,1H3,(H2,15,18)(H,16,17). The summed E-state index contributed by atoms with van der Waals surface area (Å²) < 4.78 is 0. The van der Waals surface area contributed by atoms with Gasteiger partial charge in [-0.05, 0) is 30.4 Å². The van der Waals surface area contributed by atoms with Crippen molar-refractivity contribution in [2.24, 2.45) is 17.6 Å². The van der Waals surface area contributed by atoms with Gasteiger partial charge >= 0.3 is 0 Å². The fraction of sp³-hybridized carbons (Fsp3) is 0.538. The molecule has 1 aliphatic carbocycles. The number of nitrogens with zero attached hydrogens (tertiary/aromatic N) is 1. The van der Waals surface area contributed by atoms with Crippen molar-refractivity contribution in [2.75, 3.05) is 17.6 Å². The summed E-state index contributed by atoms with van der Waals surface area (Å²) in [4.78, 5) is 15.2. The first-order chi connectivity index (χ1) is 8.58. The molecule has 18 heavy (non-hydrogen) atoms. The predicted molar refractivity (Wildman–Crippen MR) is 72.2 cm³/mol. The van der Waals surface area contributed by atoms with Crippen molar-refractivity contribution < 1.29 is 4.79 Å². The molecule has 0 radical (unpaired) electrons. The summed E-state index contributed by atoms with van der Waals surface area (Å²) in [5.41, 5.74) is 11.8. The SMILES string of the molecule is CC1CCCC1CNc1nc(C(N)=O)ccc1N. The Labute approximate surface area is 107 Å². The second-order valence-electron chi connectivity index (χ2n) is 5.05. The lowest BCUT2D eigenvalue weighted by molar-refractivity contribution is 0.0996. The molecular formula is C13H20N4O. The van der Waals surface area contributed by atoms with Gasteiger partial charge in [-0.25, -0.2) is 4.98 Å². The van der Waals surface area contributed by atoms with Gasteiger partial charge in [0.25, 0.3) is 5.91 Å². The van der Waals surface area contributed by atoms with Crippen LogP contribution in [0.3, 0.4) is 0 Å². The fourth-order valence-corrected chi connectivity index (χ4v) is 2.50. The number of carbonyl (C=O) groups is 1. The molecule has 5 heteroatoms. The van der Waals surface area contributed by atoms with E-state index in [1.165, 1.54) is 19.3 Å². The summed E-state index contributed by atoms with van der Waals surface area (Å²) >= 11 is 0. The maximum atomic E-state index is 11.1. The average Bonchev–Trinajstić information content (AvgIpc) is 2.73. The molecule has 1 heterocycles. The summed E-state index contributed by atoms with van der Waals surface area (Å²) in [5, 5.41) is 3.24. The van der Waals surface area contributed by atoms with Crippen LogP contribution in [0.4, 0.5) is 11.5 Å². The third-order valence-electron chi connectivity index (χ3n) is 3.75. The third kappa shape index (κ3) is 2.72. The summed E-state index contributed by atoms with van der Waals surface area (Å²) in [6.07, 6.45) is 3.82. The highest BCUT2D eigenvalue weighted by Crippen LogP contribution is 2.31. The van der Waals surface area contributed by atoms with Gasteiger partial charge in [-0.3, -0.25) is 4.79 Å². The summed E-state index contributed by atoms with van der Waals surface area (Å²) in [5.74, 6) is 1.42. The van der Waals surface area contributed by atoms with E-state index in [4.69, 9.17) is 11.5 Å². The van der Waals surface area contributed by atoms with Gasteiger partial charge in [0.05, 0.1) is 5.69 Å². The molecule has 5 nitrogen and oxygen atoms in total. The van der Waals surface area contributed by atoms with Crippen molar-refractivity contribution in [3.8, 4) is 0 Å². The molecule has 98 valence electrons. The minimum Gasteiger partial charge on any atom is -0.396 e. The molecule has 0 aromatic carbocycles. The monoisotopic (exact) mass is 248 g/mol. The van der Waals surface area contributed by atoms with E-state index in [1.807, 2.05) is 0 Å². The van der Waals surface area contributed by atoms with Crippen LogP contribution in [0.25, 0.3) is 0 Å². The zero-order chi connectivity index (χ0) is 13.1. The lowest BCUT2D eigenvalue weighted by atomic mass is 9.98. The zero-order valence-electron chi connectivity index (χ0n) is 10.6. The number of rotatable bonds is 4. The first kappa shape index (κ1) is 12.7. The molecule has 1 aromatic heterocycles. The van der Waals surface area contributed by atoms with Crippen LogP contribution in [0.5, 0.6) is 0 Å². The maximum Gasteiger partial charge on any atom is 0.267 e. The number of nitrogen functional groups attached to an aromatic ring is 1. The van der Waals surface area contributed by atoms with Crippen LogP contribution in [-0.2, 0) is 0 Å². The smallest absolute Gasteiger partial charge is 0.267 e. The molecule has 2 unspecified atom stereocenters. The van der Waals surface area contributed by atoms with E-state index in [2.05, 4.69) is 17.2 Å². The van der Waals surface area contributed by atoms with E-state index in [0.29, 0.717) is 17.4 Å². The van der Waals surface area contributed by atoms with Crippen LogP contribution in [0, 0.1) is 11.8 Å². The van der Waals surface area contributed by atoms with Crippen molar-refractivity contribution in [3.05, 3.63) is 17.8 Å². The van der Waals surface area contributed by atoms with E-state index >= 15 is 0 Å². The zero-order valence-corrected chi connectivity index (χ0v) is 10.6. The second kappa shape index (κ2) is 5.25.